The molecule has 2 fully saturated rings. The summed E-state index contributed by atoms with van der Waals surface area (Å²) in [5.41, 5.74) is 2.75. The van der Waals surface area contributed by atoms with E-state index >= 15 is 0 Å². The average molecular weight is 322 g/mol. The topological polar surface area (TPSA) is 31.4 Å². The Balaban J connectivity index is 1.31. The molecular weight excluding hydrogens is 296 g/mol. The first-order chi connectivity index (χ1) is 11.9. The molecule has 4 heteroatoms. The molecule has 126 valence electrons. The van der Waals surface area contributed by atoms with E-state index in [1.165, 1.54) is 24.0 Å². The van der Waals surface area contributed by atoms with Crippen molar-refractivity contribution in [2.75, 3.05) is 31.1 Å². The molecule has 1 saturated heterocycles. The van der Waals surface area contributed by atoms with Crippen LogP contribution >= 0.6 is 0 Å². The van der Waals surface area contributed by atoms with Crippen molar-refractivity contribution in [2.24, 2.45) is 0 Å². The molecule has 1 aliphatic carbocycles. The highest BCUT2D eigenvalue weighted by Gasteiger charge is 2.21. The zero-order valence-electron chi connectivity index (χ0n) is 14.2. The number of aromatic nitrogens is 1. The maximum absolute atomic E-state index is 4.59. The maximum Gasteiger partial charge on any atom is 0.128 e. The molecule has 0 spiro atoms. The van der Waals surface area contributed by atoms with Crippen LogP contribution in [-0.4, -0.2) is 42.1 Å². The monoisotopic (exact) mass is 322 g/mol. The minimum atomic E-state index is 0.753. The van der Waals surface area contributed by atoms with Gasteiger partial charge in [-0.25, -0.2) is 4.98 Å². The number of nitrogens with one attached hydrogen (secondary N) is 1. The number of rotatable bonds is 6. The van der Waals surface area contributed by atoms with Crippen molar-refractivity contribution in [1.29, 1.82) is 0 Å². The van der Waals surface area contributed by atoms with Gasteiger partial charge in [-0.1, -0.05) is 30.3 Å². The molecule has 0 unspecified atom stereocenters. The number of hydrogen-bond acceptors (Lipinski definition) is 4. The molecule has 2 heterocycles. The molecule has 1 aromatic heterocycles. The number of hydrogen-bond donors (Lipinski definition) is 1. The quantitative estimate of drug-likeness (QED) is 0.886. The van der Waals surface area contributed by atoms with Gasteiger partial charge in [0.25, 0.3) is 0 Å². The van der Waals surface area contributed by atoms with E-state index in [0.717, 1.165) is 51.1 Å². The van der Waals surface area contributed by atoms with Crippen LogP contribution < -0.4 is 10.2 Å². The Kier molecular flexibility index (Phi) is 4.76. The summed E-state index contributed by atoms with van der Waals surface area (Å²) in [5.74, 6) is 1.13. The maximum atomic E-state index is 4.59. The third-order valence-corrected chi connectivity index (χ3v) is 4.93. The molecule has 0 atom stereocenters. The molecule has 0 radical (unpaired) electrons. The van der Waals surface area contributed by atoms with Crippen LogP contribution in [0.4, 0.5) is 5.82 Å². The third-order valence-electron chi connectivity index (χ3n) is 4.93. The van der Waals surface area contributed by atoms with Gasteiger partial charge in [-0.15, -0.1) is 0 Å². The van der Waals surface area contributed by atoms with Crippen molar-refractivity contribution < 1.29 is 0 Å². The van der Waals surface area contributed by atoms with Gasteiger partial charge < -0.3 is 10.2 Å². The first-order valence-electron chi connectivity index (χ1n) is 9.06. The van der Waals surface area contributed by atoms with E-state index in [0.29, 0.717) is 0 Å². The Morgan fingerprint density at radius 2 is 1.75 bits per heavy atom. The highest BCUT2D eigenvalue weighted by atomic mass is 15.3. The van der Waals surface area contributed by atoms with Crippen LogP contribution in [0.3, 0.4) is 0 Å². The van der Waals surface area contributed by atoms with E-state index in [2.05, 4.69) is 62.6 Å². The summed E-state index contributed by atoms with van der Waals surface area (Å²) in [6, 6.07) is 15.9. The van der Waals surface area contributed by atoms with Gasteiger partial charge in [0.2, 0.25) is 0 Å². The summed E-state index contributed by atoms with van der Waals surface area (Å²) < 4.78 is 0. The van der Waals surface area contributed by atoms with Gasteiger partial charge in [0.05, 0.1) is 0 Å². The lowest BCUT2D eigenvalue weighted by Gasteiger charge is -2.35. The number of pyridine rings is 1. The minimum Gasteiger partial charge on any atom is -0.354 e. The number of piperazine rings is 1. The first kappa shape index (κ1) is 15.6. The Morgan fingerprint density at radius 3 is 2.50 bits per heavy atom. The lowest BCUT2D eigenvalue weighted by molar-refractivity contribution is 0.249. The van der Waals surface area contributed by atoms with Crippen molar-refractivity contribution in [3.63, 3.8) is 0 Å². The van der Waals surface area contributed by atoms with E-state index in [4.69, 9.17) is 0 Å². The van der Waals surface area contributed by atoms with Crippen molar-refractivity contribution >= 4 is 5.82 Å². The average Bonchev–Trinajstić information content (AvgIpc) is 3.46. The standard InChI is InChI=1S/C20H26N4/c1-2-4-17(5-3-1)16-23-10-12-24(13-11-23)20-14-18(8-9-21-20)15-22-19-6-7-19/h1-5,8-9,14,19,22H,6-7,10-13,15-16H2. The van der Waals surface area contributed by atoms with Crippen LogP contribution in [0, 0.1) is 0 Å². The second-order valence-corrected chi connectivity index (χ2v) is 6.93. The van der Waals surface area contributed by atoms with Gasteiger partial charge in [0.1, 0.15) is 5.82 Å². The highest BCUT2D eigenvalue weighted by Crippen LogP contribution is 2.20. The number of anilines is 1. The van der Waals surface area contributed by atoms with E-state index < -0.39 is 0 Å². The fraction of sp³-hybridized carbons (Fsp3) is 0.450. The second-order valence-electron chi connectivity index (χ2n) is 6.93. The molecule has 1 aliphatic heterocycles. The van der Waals surface area contributed by atoms with Gasteiger partial charge >= 0.3 is 0 Å². The Labute approximate surface area is 144 Å². The molecular formula is C20H26N4. The van der Waals surface area contributed by atoms with E-state index in [-0.39, 0.29) is 0 Å². The molecule has 1 aromatic carbocycles. The summed E-state index contributed by atoms with van der Waals surface area (Å²) in [4.78, 5) is 9.55. The largest absolute Gasteiger partial charge is 0.354 e. The van der Waals surface area contributed by atoms with Crippen LogP contribution in [0.25, 0.3) is 0 Å². The summed E-state index contributed by atoms with van der Waals surface area (Å²) in [6.45, 7) is 6.32. The van der Waals surface area contributed by atoms with Crippen LogP contribution in [0.2, 0.25) is 0 Å². The van der Waals surface area contributed by atoms with Crippen LogP contribution in [0.15, 0.2) is 48.7 Å². The lowest BCUT2D eigenvalue weighted by atomic mass is 10.2. The van der Waals surface area contributed by atoms with Gasteiger partial charge in [0, 0.05) is 51.5 Å². The minimum absolute atomic E-state index is 0.753. The van der Waals surface area contributed by atoms with E-state index in [1.54, 1.807) is 0 Å². The van der Waals surface area contributed by atoms with Crippen LogP contribution in [-0.2, 0) is 13.1 Å². The lowest BCUT2D eigenvalue weighted by Crippen LogP contribution is -2.46. The number of benzene rings is 1. The van der Waals surface area contributed by atoms with Crippen molar-refractivity contribution in [3.8, 4) is 0 Å². The summed E-state index contributed by atoms with van der Waals surface area (Å²) in [7, 11) is 0. The third kappa shape index (κ3) is 4.13. The Morgan fingerprint density at radius 1 is 0.958 bits per heavy atom. The zero-order chi connectivity index (χ0) is 16.2. The Hall–Kier alpha value is -1.91. The molecule has 1 N–H and O–H groups in total. The number of nitrogens with zero attached hydrogens (tertiary/aromatic N) is 3. The molecule has 1 saturated carbocycles. The van der Waals surface area contributed by atoms with Crippen LogP contribution in [0.5, 0.6) is 0 Å². The fourth-order valence-corrected chi connectivity index (χ4v) is 3.27. The SMILES string of the molecule is c1ccc(CN2CCN(c3cc(CNC4CC4)ccn3)CC2)cc1. The van der Waals surface area contributed by atoms with Gasteiger partial charge in [0.15, 0.2) is 0 Å². The summed E-state index contributed by atoms with van der Waals surface area (Å²) in [5, 5.41) is 3.58. The molecule has 0 amide bonds. The smallest absolute Gasteiger partial charge is 0.128 e. The summed E-state index contributed by atoms with van der Waals surface area (Å²) in [6.07, 6.45) is 4.62. The second kappa shape index (κ2) is 7.32. The molecule has 24 heavy (non-hydrogen) atoms. The first-order valence-corrected chi connectivity index (χ1v) is 9.06. The molecule has 4 nitrogen and oxygen atoms in total. The predicted octanol–water partition coefficient (Wildman–Crippen LogP) is 2.66. The molecule has 4 rings (SSSR count). The van der Waals surface area contributed by atoms with Gasteiger partial charge in [-0.05, 0) is 36.1 Å². The van der Waals surface area contributed by atoms with Crippen molar-refractivity contribution in [2.45, 2.75) is 32.0 Å². The van der Waals surface area contributed by atoms with E-state index in [1.807, 2.05) is 6.20 Å². The predicted molar refractivity (Wildman–Crippen MR) is 98.0 cm³/mol. The Bertz CT molecular complexity index is 646. The normalized spacial score (nSPS) is 18.8. The zero-order valence-corrected chi connectivity index (χ0v) is 14.2. The fourth-order valence-electron chi connectivity index (χ4n) is 3.27. The highest BCUT2D eigenvalue weighted by molar-refractivity contribution is 5.41. The van der Waals surface area contributed by atoms with Crippen molar-refractivity contribution in [3.05, 3.63) is 59.8 Å². The van der Waals surface area contributed by atoms with Crippen LogP contribution in [0.1, 0.15) is 24.0 Å². The van der Waals surface area contributed by atoms with E-state index in [9.17, 15) is 0 Å². The van der Waals surface area contributed by atoms with Crippen molar-refractivity contribution in [1.82, 2.24) is 15.2 Å². The molecule has 2 aromatic rings. The van der Waals surface area contributed by atoms with Gasteiger partial charge in [-0.2, -0.15) is 0 Å². The summed E-state index contributed by atoms with van der Waals surface area (Å²) >= 11 is 0. The molecule has 2 aliphatic rings. The molecule has 0 bridgehead atoms. The van der Waals surface area contributed by atoms with Gasteiger partial charge in [-0.3, -0.25) is 4.90 Å².